The number of hydrogen-bond donors (Lipinski definition) is 1. The highest BCUT2D eigenvalue weighted by atomic mass is 35.5. The van der Waals surface area contributed by atoms with E-state index in [1.807, 2.05) is 0 Å². The highest BCUT2D eigenvalue weighted by Gasteiger charge is 1.96. The molecular weight excluding hydrogens is 152 g/mol. The molecule has 0 radical (unpaired) electrons. The summed E-state index contributed by atoms with van der Waals surface area (Å²) in [5, 5.41) is 0.388. The van der Waals surface area contributed by atoms with Gasteiger partial charge in [-0.3, -0.25) is 4.79 Å². The van der Waals surface area contributed by atoms with Gasteiger partial charge in [-0.2, -0.15) is 0 Å². The number of hydrogen-bond acceptors (Lipinski definition) is 2. The van der Waals surface area contributed by atoms with Crippen LogP contribution in [-0.4, -0.2) is 4.57 Å². The molecule has 1 heterocycles. The summed E-state index contributed by atoms with van der Waals surface area (Å²) in [6.45, 7) is 0. The van der Waals surface area contributed by atoms with Crippen molar-refractivity contribution in [3.05, 3.63) is 27.6 Å². The third kappa shape index (κ3) is 1.14. The fourth-order valence-corrected chi connectivity index (χ4v) is 0.775. The molecule has 0 unspecified atom stereocenters. The van der Waals surface area contributed by atoms with Crippen LogP contribution >= 0.6 is 11.6 Å². The molecule has 0 fully saturated rings. The fraction of sp³-hybridized carbons (Fsp3) is 0.167. The van der Waals surface area contributed by atoms with Crippen LogP contribution in [0.4, 0.5) is 5.69 Å². The highest BCUT2D eigenvalue weighted by molar-refractivity contribution is 6.29. The molecule has 0 aliphatic rings. The second-order valence-corrected chi connectivity index (χ2v) is 2.41. The lowest BCUT2D eigenvalue weighted by Gasteiger charge is -2.00. The number of aryl methyl sites for hydroxylation is 1. The first-order valence-corrected chi connectivity index (χ1v) is 3.10. The maximum Gasteiger partial charge on any atom is 0.205 e. The predicted octanol–water partition coefficient (Wildman–Crippen LogP) is 0.621. The molecular formula is C6H7ClN2O. The number of aromatic nitrogens is 1. The molecule has 3 nitrogen and oxygen atoms in total. The first-order valence-electron chi connectivity index (χ1n) is 2.73. The number of nitrogens with two attached hydrogens (primary N) is 1. The van der Waals surface area contributed by atoms with Crippen molar-refractivity contribution in [2.45, 2.75) is 0 Å². The first-order chi connectivity index (χ1) is 4.61. The van der Waals surface area contributed by atoms with Crippen LogP contribution in [0.15, 0.2) is 17.1 Å². The van der Waals surface area contributed by atoms with Gasteiger partial charge < -0.3 is 10.3 Å². The Bertz CT molecular complexity index is 305. The Morgan fingerprint density at radius 2 is 2.30 bits per heavy atom. The Morgan fingerprint density at radius 1 is 1.70 bits per heavy atom. The van der Waals surface area contributed by atoms with E-state index in [9.17, 15) is 4.79 Å². The number of halogens is 1. The quantitative estimate of drug-likeness (QED) is 0.563. The average Bonchev–Trinajstić information content (AvgIpc) is 1.84. The summed E-state index contributed by atoms with van der Waals surface area (Å²) in [6, 6.07) is 1.29. The molecule has 0 atom stereocenters. The van der Waals surface area contributed by atoms with Crippen LogP contribution in [0.3, 0.4) is 0 Å². The molecule has 0 saturated carbocycles. The molecule has 0 spiro atoms. The molecule has 0 bridgehead atoms. The minimum atomic E-state index is -0.233. The average molecular weight is 159 g/mol. The van der Waals surface area contributed by atoms with Gasteiger partial charge in [-0.15, -0.1) is 0 Å². The molecule has 0 saturated heterocycles. The Kier molecular flexibility index (Phi) is 1.68. The molecule has 4 heteroatoms. The monoisotopic (exact) mass is 158 g/mol. The van der Waals surface area contributed by atoms with Gasteiger partial charge in [0.1, 0.15) is 5.15 Å². The fourth-order valence-electron chi connectivity index (χ4n) is 0.627. The van der Waals surface area contributed by atoms with Gasteiger partial charge in [-0.25, -0.2) is 0 Å². The molecule has 2 N–H and O–H groups in total. The Morgan fingerprint density at radius 3 is 2.80 bits per heavy atom. The minimum absolute atomic E-state index is 0.215. The number of nitrogen functional groups attached to an aromatic ring is 1. The van der Waals surface area contributed by atoms with E-state index in [2.05, 4.69) is 0 Å². The topological polar surface area (TPSA) is 48.0 Å². The number of anilines is 1. The molecule has 0 aromatic carbocycles. The first kappa shape index (κ1) is 7.15. The van der Waals surface area contributed by atoms with Gasteiger partial charge >= 0.3 is 0 Å². The van der Waals surface area contributed by atoms with Crippen LogP contribution in [0, 0.1) is 0 Å². The Labute approximate surface area is 63.0 Å². The lowest BCUT2D eigenvalue weighted by Crippen LogP contribution is -2.10. The standard InChI is InChI=1S/C6H7ClN2O/c1-9-3-4(8)5(10)2-6(9)7/h2-3H,8H2,1H3. The van der Waals surface area contributed by atoms with Crippen molar-refractivity contribution < 1.29 is 0 Å². The van der Waals surface area contributed by atoms with Crippen molar-refractivity contribution in [3.63, 3.8) is 0 Å². The van der Waals surface area contributed by atoms with E-state index >= 15 is 0 Å². The van der Waals surface area contributed by atoms with Gasteiger partial charge in [-0.05, 0) is 0 Å². The smallest absolute Gasteiger partial charge is 0.205 e. The maximum absolute atomic E-state index is 10.8. The van der Waals surface area contributed by atoms with Crippen LogP contribution in [-0.2, 0) is 7.05 Å². The van der Waals surface area contributed by atoms with Crippen molar-refractivity contribution >= 4 is 17.3 Å². The molecule has 0 aliphatic carbocycles. The third-order valence-electron chi connectivity index (χ3n) is 1.20. The summed E-state index contributed by atoms with van der Waals surface area (Å²) in [7, 11) is 1.72. The van der Waals surface area contributed by atoms with Gasteiger partial charge in [0, 0.05) is 19.3 Å². The Hall–Kier alpha value is -0.960. The molecule has 0 aliphatic heterocycles. The number of pyridine rings is 1. The van der Waals surface area contributed by atoms with Crippen molar-refractivity contribution in [2.75, 3.05) is 5.73 Å². The van der Waals surface area contributed by atoms with E-state index in [4.69, 9.17) is 17.3 Å². The number of rotatable bonds is 0. The van der Waals surface area contributed by atoms with Gasteiger partial charge in [0.05, 0.1) is 5.69 Å². The summed E-state index contributed by atoms with van der Waals surface area (Å²) in [5.41, 5.74) is 5.28. The lowest BCUT2D eigenvalue weighted by atomic mass is 10.4. The molecule has 1 aromatic rings. The zero-order chi connectivity index (χ0) is 7.72. The largest absolute Gasteiger partial charge is 0.394 e. The maximum atomic E-state index is 10.8. The highest BCUT2D eigenvalue weighted by Crippen LogP contribution is 2.04. The molecule has 0 amide bonds. The minimum Gasteiger partial charge on any atom is -0.394 e. The Balaban J connectivity index is 3.43. The molecule has 1 rings (SSSR count). The molecule has 1 aromatic heterocycles. The van der Waals surface area contributed by atoms with Crippen LogP contribution in [0.1, 0.15) is 0 Å². The van der Waals surface area contributed by atoms with Crippen LogP contribution in [0.5, 0.6) is 0 Å². The summed E-state index contributed by atoms with van der Waals surface area (Å²) < 4.78 is 1.58. The SMILES string of the molecule is Cn1cc(N)c(=O)cc1Cl. The molecule has 54 valence electrons. The van der Waals surface area contributed by atoms with Gasteiger partial charge in [0.2, 0.25) is 5.43 Å². The number of nitrogens with zero attached hydrogens (tertiary/aromatic N) is 1. The van der Waals surface area contributed by atoms with Crippen molar-refractivity contribution in [1.29, 1.82) is 0 Å². The summed E-state index contributed by atoms with van der Waals surface area (Å²) in [6.07, 6.45) is 1.49. The third-order valence-corrected chi connectivity index (χ3v) is 1.58. The van der Waals surface area contributed by atoms with Crippen molar-refractivity contribution in [3.8, 4) is 0 Å². The normalized spacial score (nSPS) is 9.80. The van der Waals surface area contributed by atoms with E-state index in [0.717, 1.165) is 0 Å². The van der Waals surface area contributed by atoms with Crippen LogP contribution in [0.25, 0.3) is 0 Å². The van der Waals surface area contributed by atoms with Crippen LogP contribution in [0.2, 0.25) is 5.15 Å². The van der Waals surface area contributed by atoms with E-state index in [0.29, 0.717) is 5.15 Å². The zero-order valence-corrected chi connectivity index (χ0v) is 6.22. The van der Waals surface area contributed by atoms with Gasteiger partial charge in [0.15, 0.2) is 0 Å². The second-order valence-electron chi connectivity index (χ2n) is 2.03. The zero-order valence-electron chi connectivity index (χ0n) is 5.47. The van der Waals surface area contributed by atoms with E-state index in [1.54, 1.807) is 11.6 Å². The van der Waals surface area contributed by atoms with Crippen LogP contribution < -0.4 is 11.2 Å². The van der Waals surface area contributed by atoms with E-state index in [-0.39, 0.29) is 11.1 Å². The van der Waals surface area contributed by atoms with E-state index < -0.39 is 0 Å². The predicted molar refractivity (Wildman–Crippen MR) is 41.1 cm³/mol. The summed E-state index contributed by atoms with van der Waals surface area (Å²) >= 11 is 5.59. The van der Waals surface area contributed by atoms with E-state index in [1.165, 1.54) is 12.3 Å². The van der Waals surface area contributed by atoms with Crippen molar-refractivity contribution in [2.24, 2.45) is 7.05 Å². The lowest BCUT2D eigenvalue weighted by molar-refractivity contribution is 0.904. The summed E-state index contributed by atoms with van der Waals surface area (Å²) in [5.74, 6) is 0. The molecule has 10 heavy (non-hydrogen) atoms. The van der Waals surface area contributed by atoms with Gasteiger partial charge in [-0.1, -0.05) is 11.6 Å². The van der Waals surface area contributed by atoms with Crippen molar-refractivity contribution in [1.82, 2.24) is 4.57 Å². The summed E-state index contributed by atoms with van der Waals surface area (Å²) in [4.78, 5) is 10.8. The second kappa shape index (κ2) is 2.34. The van der Waals surface area contributed by atoms with Gasteiger partial charge in [0.25, 0.3) is 0 Å².